The molecule has 0 bridgehead atoms. The van der Waals surface area contributed by atoms with Gasteiger partial charge in [-0.25, -0.2) is 0 Å². The Morgan fingerprint density at radius 3 is 2.69 bits per heavy atom. The standard InChI is InChI=1S/C12H23N3O/c1-13-8-11-9-14(2)6-7-15(11)12(16)10-4-3-5-10/h10-11,13H,3-9H2,1-2H3. The Bertz CT molecular complexity index is 253. The molecule has 1 unspecified atom stereocenters. The lowest BCUT2D eigenvalue weighted by Crippen LogP contribution is -2.58. The van der Waals surface area contributed by atoms with Crippen molar-refractivity contribution in [3.05, 3.63) is 0 Å². The van der Waals surface area contributed by atoms with Crippen LogP contribution in [0.25, 0.3) is 0 Å². The van der Waals surface area contributed by atoms with Gasteiger partial charge in [-0.2, -0.15) is 0 Å². The minimum absolute atomic E-state index is 0.336. The van der Waals surface area contributed by atoms with Gasteiger partial charge in [-0.05, 0) is 26.9 Å². The fraction of sp³-hybridized carbons (Fsp3) is 0.917. The van der Waals surface area contributed by atoms with Crippen molar-refractivity contribution in [1.82, 2.24) is 15.1 Å². The van der Waals surface area contributed by atoms with E-state index in [1.165, 1.54) is 6.42 Å². The highest BCUT2D eigenvalue weighted by atomic mass is 16.2. The molecular formula is C12H23N3O. The van der Waals surface area contributed by atoms with Gasteiger partial charge in [0.05, 0.1) is 6.04 Å². The highest BCUT2D eigenvalue weighted by Gasteiger charge is 2.34. The summed E-state index contributed by atoms with van der Waals surface area (Å²) in [7, 11) is 4.09. The maximum atomic E-state index is 12.3. The Morgan fingerprint density at radius 2 is 2.12 bits per heavy atom. The molecule has 1 heterocycles. The van der Waals surface area contributed by atoms with Crippen LogP contribution >= 0.6 is 0 Å². The normalized spacial score (nSPS) is 27.9. The molecule has 0 radical (unpaired) electrons. The lowest BCUT2D eigenvalue weighted by atomic mass is 9.84. The van der Waals surface area contributed by atoms with Crippen LogP contribution < -0.4 is 5.32 Å². The number of carbonyl (C=O) groups excluding carboxylic acids is 1. The predicted octanol–water partition coefficient (Wildman–Crippen LogP) is 0.148. The van der Waals surface area contributed by atoms with E-state index in [9.17, 15) is 4.79 Å². The SMILES string of the molecule is CNCC1CN(C)CCN1C(=O)C1CCC1. The summed E-state index contributed by atoms with van der Waals surface area (Å²) in [4.78, 5) is 16.7. The van der Waals surface area contributed by atoms with Gasteiger partial charge in [0.15, 0.2) is 0 Å². The van der Waals surface area contributed by atoms with Crippen molar-refractivity contribution < 1.29 is 4.79 Å². The summed E-state index contributed by atoms with van der Waals surface area (Å²) in [5.41, 5.74) is 0. The van der Waals surface area contributed by atoms with Crippen molar-refractivity contribution in [2.45, 2.75) is 25.3 Å². The number of amides is 1. The lowest BCUT2D eigenvalue weighted by Gasteiger charge is -2.42. The molecule has 1 saturated heterocycles. The first kappa shape index (κ1) is 11.9. The first-order chi connectivity index (χ1) is 7.72. The van der Waals surface area contributed by atoms with Crippen molar-refractivity contribution in [1.29, 1.82) is 0 Å². The van der Waals surface area contributed by atoms with Gasteiger partial charge < -0.3 is 15.1 Å². The zero-order chi connectivity index (χ0) is 11.5. The van der Waals surface area contributed by atoms with Crippen LogP contribution in [0.2, 0.25) is 0 Å². The van der Waals surface area contributed by atoms with E-state index >= 15 is 0 Å². The Labute approximate surface area is 98.0 Å². The van der Waals surface area contributed by atoms with Crippen LogP contribution in [0, 0.1) is 5.92 Å². The maximum absolute atomic E-state index is 12.3. The summed E-state index contributed by atoms with van der Waals surface area (Å²) in [6.07, 6.45) is 3.45. The number of hydrogen-bond acceptors (Lipinski definition) is 3. The van der Waals surface area contributed by atoms with Crippen LogP contribution in [0.4, 0.5) is 0 Å². The van der Waals surface area contributed by atoms with Gasteiger partial charge in [-0.15, -0.1) is 0 Å². The summed E-state index contributed by atoms with van der Waals surface area (Å²) in [6, 6.07) is 0.358. The molecule has 16 heavy (non-hydrogen) atoms. The third kappa shape index (κ3) is 2.38. The summed E-state index contributed by atoms with van der Waals surface area (Å²) < 4.78 is 0. The quantitative estimate of drug-likeness (QED) is 0.742. The molecule has 2 fully saturated rings. The van der Waals surface area contributed by atoms with Crippen LogP contribution in [-0.4, -0.2) is 62.0 Å². The van der Waals surface area contributed by atoms with E-state index in [2.05, 4.69) is 22.2 Å². The fourth-order valence-corrected chi connectivity index (χ4v) is 2.60. The van der Waals surface area contributed by atoms with Crippen molar-refractivity contribution in [2.75, 3.05) is 40.3 Å². The molecule has 2 aliphatic rings. The van der Waals surface area contributed by atoms with E-state index in [0.29, 0.717) is 17.9 Å². The molecule has 92 valence electrons. The molecule has 1 aliphatic heterocycles. The zero-order valence-electron chi connectivity index (χ0n) is 10.4. The second-order valence-corrected chi connectivity index (χ2v) is 5.13. The monoisotopic (exact) mass is 225 g/mol. The number of piperazine rings is 1. The molecule has 1 amide bonds. The average molecular weight is 225 g/mol. The van der Waals surface area contributed by atoms with E-state index in [4.69, 9.17) is 0 Å². The molecule has 4 nitrogen and oxygen atoms in total. The molecule has 2 rings (SSSR count). The number of nitrogens with one attached hydrogen (secondary N) is 1. The predicted molar refractivity (Wildman–Crippen MR) is 64.3 cm³/mol. The van der Waals surface area contributed by atoms with Crippen LogP contribution in [0.3, 0.4) is 0 Å². The Morgan fingerprint density at radius 1 is 1.38 bits per heavy atom. The van der Waals surface area contributed by atoms with E-state index in [1.807, 2.05) is 7.05 Å². The second-order valence-electron chi connectivity index (χ2n) is 5.13. The number of carbonyl (C=O) groups is 1. The van der Waals surface area contributed by atoms with E-state index < -0.39 is 0 Å². The summed E-state index contributed by atoms with van der Waals surface area (Å²) in [5, 5.41) is 3.20. The number of rotatable bonds is 3. The largest absolute Gasteiger partial charge is 0.336 e. The smallest absolute Gasteiger partial charge is 0.226 e. The molecule has 1 aliphatic carbocycles. The van der Waals surface area contributed by atoms with Crippen molar-refractivity contribution in [3.8, 4) is 0 Å². The van der Waals surface area contributed by atoms with E-state index in [0.717, 1.165) is 39.0 Å². The number of nitrogens with zero attached hydrogens (tertiary/aromatic N) is 2. The van der Waals surface area contributed by atoms with Gasteiger partial charge >= 0.3 is 0 Å². The minimum Gasteiger partial charge on any atom is -0.336 e. The molecular weight excluding hydrogens is 202 g/mol. The first-order valence-corrected chi connectivity index (χ1v) is 6.36. The topological polar surface area (TPSA) is 35.6 Å². The third-order valence-corrected chi connectivity index (χ3v) is 3.86. The van der Waals surface area contributed by atoms with E-state index in [1.54, 1.807) is 0 Å². The number of likely N-dealkylation sites (N-methyl/N-ethyl adjacent to an activating group) is 2. The molecule has 0 aromatic rings. The molecule has 0 aromatic heterocycles. The Kier molecular flexibility index (Phi) is 3.82. The fourth-order valence-electron chi connectivity index (χ4n) is 2.60. The van der Waals surface area contributed by atoms with Crippen molar-refractivity contribution >= 4 is 5.91 Å². The van der Waals surface area contributed by atoms with E-state index in [-0.39, 0.29) is 0 Å². The molecule has 1 N–H and O–H groups in total. The first-order valence-electron chi connectivity index (χ1n) is 6.36. The average Bonchev–Trinajstić information content (AvgIpc) is 2.15. The van der Waals surface area contributed by atoms with Crippen molar-refractivity contribution in [2.24, 2.45) is 5.92 Å². The summed E-state index contributed by atoms with van der Waals surface area (Å²) >= 11 is 0. The van der Waals surface area contributed by atoms with Gasteiger partial charge in [-0.3, -0.25) is 4.79 Å². The molecule has 1 atom stereocenters. The molecule has 1 saturated carbocycles. The van der Waals surface area contributed by atoms with Crippen LogP contribution in [0.15, 0.2) is 0 Å². The van der Waals surface area contributed by atoms with Gasteiger partial charge in [0.25, 0.3) is 0 Å². The van der Waals surface area contributed by atoms with Gasteiger partial charge in [0.2, 0.25) is 5.91 Å². The summed E-state index contributed by atoms with van der Waals surface area (Å²) in [6.45, 7) is 3.82. The molecule has 4 heteroatoms. The second kappa shape index (κ2) is 5.15. The Hall–Kier alpha value is -0.610. The van der Waals surface area contributed by atoms with Crippen LogP contribution in [-0.2, 0) is 4.79 Å². The Balaban J connectivity index is 1.96. The van der Waals surface area contributed by atoms with Gasteiger partial charge in [-0.1, -0.05) is 6.42 Å². The van der Waals surface area contributed by atoms with Crippen LogP contribution in [0.1, 0.15) is 19.3 Å². The number of hydrogen-bond donors (Lipinski definition) is 1. The maximum Gasteiger partial charge on any atom is 0.226 e. The third-order valence-electron chi connectivity index (χ3n) is 3.86. The minimum atomic E-state index is 0.336. The summed E-state index contributed by atoms with van der Waals surface area (Å²) in [5.74, 6) is 0.738. The van der Waals surface area contributed by atoms with Crippen molar-refractivity contribution in [3.63, 3.8) is 0 Å². The zero-order valence-corrected chi connectivity index (χ0v) is 10.4. The highest BCUT2D eigenvalue weighted by molar-refractivity contribution is 5.80. The van der Waals surface area contributed by atoms with Gasteiger partial charge in [0.1, 0.15) is 0 Å². The molecule has 0 spiro atoms. The lowest BCUT2D eigenvalue weighted by molar-refractivity contribution is -0.142. The van der Waals surface area contributed by atoms with Gasteiger partial charge in [0, 0.05) is 32.1 Å². The highest BCUT2D eigenvalue weighted by Crippen LogP contribution is 2.29. The van der Waals surface area contributed by atoms with Crippen LogP contribution in [0.5, 0.6) is 0 Å². The molecule has 0 aromatic carbocycles.